The molecule has 1 aliphatic rings. The van der Waals surface area contributed by atoms with Gasteiger partial charge in [0.1, 0.15) is 12.0 Å². The third-order valence-electron chi connectivity index (χ3n) is 3.43. The Hall–Kier alpha value is -1.29. The van der Waals surface area contributed by atoms with Gasteiger partial charge >= 0.3 is 0 Å². The number of piperidine rings is 1. The van der Waals surface area contributed by atoms with Gasteiger partial charge in [0.15, 0.2) is 0 Å². The number of carbonyl (C=O) groups is 1. The molecule has 1 amide bonds. The second kappa shape index (κ2) is 4.53. The van der Waals surface area contributed by atoms with Gasteiger partial charge in [0.05, 0.1) is 5.56 Å². The fourth-order valence-corrected chi connectivity index (χ4v) is 2.24. The first-order valence-corrected chi connectivity index (χ1v) is 6.06. The molecule has 1 unspecified atom stereocenters. The van der Waals surface area contributed by atoms with Crippen LogP contribution in [-0.4, -0.2) is 25.0 Å². The van der Waals surface area contributed by atoms with Crippen LogP contribution >= 0.6 is 0 Å². The van der Waals surface area contributed by atoms with Crippen molar-refractivity contribution in [2.75, 3.05) is 13.1 Å². The highest BCUT2D eigenvalue weighted by molar-refractivity contribution is 5.94. The van der Waals surface area contributed by atoms with E-state index in [-0.39, 0.29) is 17.4 Å². The fraction of sp³-hybridized carbons (Fsp3) is 0.615. The average Bonchev–Trinajstić information content (AvgIpc) is 2.68. The highest BCUT2D eigenvalue weighted by atomic mass is 16.3. The third kappa shape index (κ3) is 2.69. The summed E-state index contributed by atoms with van der Waals surface area (Å²) in [5, 5.41) is 6.45. The van der Waals surface area contributed by atoms with Crippen LogP contribution in [0, 0.1) is 12.3 Å². The summed E-state index contributed by atoms with van der Waals surface area (Å²) < 4.78 is 5.15. The quantitative estimate of drug-likeness (QED) is 0.822. The summed E-state index contributed by atoms with van der Waals surface area (Å²) in [5.41, 5.74) is 0.698. The molecular weight excluding hydrogens is 216 g/mol. The van der Waals surface area contributed by atoms with Crippen LogP contribution in [-0.2, 0) is 0 Å². The van der Waals surface area contributed by atoms with Crippen LogP contribution in [0.25, 0.3) is 0 Å². The van der Waals surface area contributed by atoms with Crippen molar-refractivity contribution >= 4 is 5.91 Å². The van der Waals surface area contributed by atoms with Crippen LogP contribution in [0.2, 0.25) is 0 Å². The van der Waals surface area contributed by atoms with Gasteiger partial charge in [0, 0.05) is 12.6 Å². The van der Waals surface area contributed by atoms with Gasteiger partial charge in [-0.1, -0.05) is 13.8 Å². The highest BCUT2D eigenvalue weighted by Gasteiger charge is 2.33. The summed E-state index contributed by atoms with van der Waals surface area (Å²) in [5.74, 6) is 0.724. The minimum atomic E-state index is -0.0400. The molecule has 1 atom stereocenters. The molecule has 1 fully saturated rings. The summed E-state index contributed by atoms with van der Waals surface area (Å²) in [6.07, 6.45) is 2.48. The van der Waals surface area contributed by atoms with Crippen molar-refractivity contribution in [3.8, 4) is 0 Å². The van der Waals surface area contributed by atoms with Crippen molar-refractivity contribution in [1.82, 2.24) is 10.6 Å². The maximum absolute atomic E-state index is 12.0. The molecule has 94 valence electrons. The number of nitrogens with one attached hydrogen (secondary N) is 2. The van der Waals surface area contributed by atoms with E-state index in [9.17, 15) is 4.79 Å². The number of furan rings is 1. The largest absolute Gasteiger partial charge is 0.469 e. The van der Waals surface area contributed by atoms with E-state index >= 15 is 0 Å². The molecule has 1 aliphatic heterocycles. The van der Waals surface area contributed by atoms with Gasteiger partial charge in [-0.3, -0.25) is 4.79 Å². The Kier molecular flexibility index (Phi) is 3.24. The molecule has 0 saturated carbocycles. The van der Waals surface area contributed by atoms with E-state index in [0.717, 1.165) is 25.3 Å². The smallest absolute Gasteiger partial charge is 0.254 e. The molecule has 4 nitrogen and oxygen atoms in total. The Morgan fingerprint density at radius 1 is 1.59 bits per heavy atom. The molecule has 0 aromatic carbocycles. The number of carbonyl (C=O) groups excluding carboxylic acids is 1. The Morgan fingerprint density at radius 2 is 2.35 bits per heavy atom. The van der Waals surface area contributed by atoms with Gasteiger partial charge in [-0.25, -0.2) is 0 Å². The number of hydrogen-bond donors (Lipinski definition) is 2. The van der Waals surface area contributed by atoms with Gasteiger partial charge in [-0.05, 0) is 31.4 Å². The zero-order valence-corrected chi connectivity index (χ0v) is 10.7. The van der Waals surface area contributed by atoms with Crippen molar-refractivity contribution in [3.05, 3.63) is 23.7 Å². The molecule has 0 bridgehead atoms. The van der Waals surface area contributed by atoms with Crippen LogP contribution in [0.1, 0.15) is 36.4 Å². The molecule has 1 saturated heterocycles. The van der Waals surface area contributed by atoms with Gasteiger partial charge < -0.3 is 15.1 Å². The first-order valence-electron chi connectivity index (χ1n) is 6.06. The van der Waals surface area contributed by atoms with E-state index in [1.165, 1.54) is 6.26 Å². The van der Waals surface area contributed by atoms with E-state index in [1.54, 1.807) is 6.07 Å². The van der Waals surface area contributed by atoms with Crippen LogP contribution in [0.3, 0.4) is 0 Å². The van der Waals surface area contributed by atoms with E-state index < -0.39 is 0 Å². The molecule has 4 heteroatoms. The molecule has 0 spiro atoms. The lowest BCUT2D eigenvalue weighted by molar-refractivity contribution is 0.0868. The number of rotatable bonds is 2. The first kappa shape index (κ1) is 12.2. The maximum Gasteiger partial charge on any atom is 0.254 e. The molecule has 2 rings (SSSR count). The maximum atomic E-state index is 12.0. The SMILES string of the molecule is Cc1cc(C(=O)NC2CCNCC2(C)C)co1. The number of hydrogen-bond acceptors (Lipinski definition) is 3. The van der Waals surface area contributed by atoms with E-state index in [0.29, 0.717) is 5.56 Å². The summed E-state index contributed by atoms with van der Waals surface area (Å²) in [4.78, 5) is 12.0. The molecule has 2 heterocycles. The minimum absolute atomic E-state index is 0.0400. The molecule has 1 aromatic rings. The van der Waals surface area contributed by atoms with Crippen LogP contribution < -0.4 is 10.6 Å². The standard InChI is InChI=1S/C13H20N2O2/c1-9-6-10(7-17-9)12(16)15-11-4-5-14-8-13(11,2)3/h6-7,11,14H,4-5,8H2,1-3H3,(H,15,16). The molecule has 0 aliphatic carbocycles. The van der Waals surface area contributed by atoms with Gasteiger partial charge in [-0.15, -0.1) is 0 Å². The zero-order chi connectivity index (χ0) is 12.5. The second-order valence-electron chi connectivity index (χ2n) is 5.43. The van der Waals surface area contributed by atoms with Gasteiger partial charge in [0.2, 0.25) is 0 Å². The second-order valence-corrected chi connectivity index (χ2v) is 5.43. The fourth-order valence-electron chi connectivity index (χ4n) is 2.24. The third-order valence-corrected chi connectivity index (χ3v) is 3.43. The van der Waals surface area contributed by atoms with Crippen LogP contribution in [0.5, 0.6) is 0 Å². The summed E-state index contributed by atoms with van der Waals surface area (Å²) in [7, 11) is 0. The Labute approximate surface area is 102 Å². The monoisotopic (exact) mass is 236 g/mol. The number of amides is 1. The van der Waals surface area contributed by atoms with Gasteiger partial charge in [0.25, 0.3) is 5.91 Å². The minimum Gasteiger partial charge on any atom is -0.469 e. The molecule has 17 heavy (non-hydrogen) atoms. The lowest BCUT2D eigenvalue weighted by Crippen LogP contribution is -2.54. The van der Waals surface area contributed by atoms with Crippen molar-refractivity contribution in [1.29, 1.82) is 0 Å². The number of aryl methyl sites for hydroxylation is 1. The van der Waals surface area contributed by atoms with Crippen LogP contribution in [0.15, 0.2) is 16.7 Å². The molecule has 0 radical (unpaired) electrons. The Bertz CT molecular complexity index is 409. The lowest BCUT2D eigenvalue weighted by atomic mass is 9.80. The molecule has 2 N–H and O–H groups in total. The summed E-state index contributed by atoms with van der Waals surface area (Å²) in [6, 6.07) is 1.98. The molecule has 1 aromatic heterocycles. The van der Waals surface area contributed by atoms with Gasteiger partial charge in [-0.2, -0.15) is 0 Å². The first-order chi connectivity index (χ1) is 7.99. The van der Waals surface area contributed by atoms with Crippen molar-refractivity contribution in [3.63, 3.8) is 0 Å². The summed E-state index contributed by atoms with van der Waals surface area (Å²) in [6.45, 7) is 8.07. The normalized spacial score (nSPS) is 23.4. The van der Waals surface area contributed by atoms with E-state index in [4.69, 9.17) is 4.42 Å². The highest BCUT2D eigenvalue weighted by Crippen LogP contribution is 2.25. The molecular formula is C13H20N2O2. The lowest BCUT2D eigenvalue weighted by Gasteiger charge is -2.39. The van der Waals surface area contributed by atoms with Crippen molar-refractivity contribution in [2.45, 2.75) is 33.2 Å². The predicted molar refractivity (Wildman–Crippen MR) is 66.0 cm³/mol. The van der Waals surface area contributed by atoms with Crippen molar-refractivity contribution in [2.24, 2.45) is 5.41 Å². The zero-order valence-electron chi connectivity index (χ0n) is 10.7. The van der Waals surface area contributed by atoms with Crippen LogP contribution in [0.4, 0.5) is 0 Å². The average molecular weight is 236 g/mol. The Morgan fingerprint density at radius 3 is 2.94 bits per heavy atom. The van der Waals surface area contributed by atoms with Crippen molar-refractivity contribution < 1.29 is 9.21 Å². The van der Waals surface area contributed by atoms with E-state index in [1.807, 2.05) is 6.92 Å². The topological polar surface area (TPSA) is 54.3 Å². The summed E-state index contributed by atoms with van der Waals surface area (Å²) >= 11 is 0. The Balaban J connectivity index is 2.03. The predicted octanol–water partition coefficient (Wildman–Crippen LogP) is 1.71. The van der Waals surface area contributed by atoms with E-state index in [2.05, 4.69) is 24.5 Å².